The minimum absolute atomic E-state index is 0.0832. The molecule has 1 aliphatic heterocycles. The number of aromatic nitrogens is 3. The normalized spacial score (nSPS) is 20.0. The molecule has 0 unspecified atom stereocenters. The van der Waals surface area contributed by atoms with Crippen molar-refractivity contribution < 1.29 is 13.2 Å². The van der Waals surface area contributed by atoms with Crippen LogP contribution < -0.4 is 5.32 Å². The molecule has 1 saturated heterocycles. The number of H-pyrrole nitrogens is 1. The Kier molecular flexibility index (Phi) is 5.81. The summed E-state index contributed by atoms with van der Waals surface area (Å²) in [5, 5.41) is 10.3. The Morgan fingerprint density at radius 3 is 2.95 bits per heavy atom. The number of piperidine rings is 1. The SMILES string of the molecule is Cc1nc(SCCNC(=O)[C@H]2CCCN(S(C)(=O)=O)C2)n[nH]1. The fourth-order valence-corrected chi connectivity index (χ4v) is 3.92. The molecule has 0 spiro atoms. The lowest BCUT2D eigenvalue weighted by Crippen LogP contribution is -2.45. The smallest absolute Gasteiger partial charge is 0.224 e. The third-order valence-corrected chi connectivity index (χ3v) is 5.55. The molecule has 0 bridgehead atoms. The first-order valence-corrected chi connectivity index (χ1v) is 9.94. The Labute approximate surface area is 134 Å². The van der Waals surface area contributed by atoms with Gasteiger partial charge in [0.2, 0.25) is 21.1 Å². The summed E-state index contributed by atoms with van der Waals surface area (Å²) in [6, 6.07) is 0. The maximum Gasteiger partial charge on any atom is 0.224 e. The van der Waals surface area contributed by atoms with Gasteiger partial charge in [-0.2, -0.15) is 0 Å². The van der Waals surface area contributed by atoms with E-state index in [1.54, 1.807) is 0 Å². The van der Waals surface area contributed by atoms with E-state index >= 15 is 0 Å². The van der Waals surface area contributed by atoms with Gasteiger partial charge in [0.1, 0.15) is 5.82 Å². The van der Waals surface area contributed by atoms with E-state index in [0.717, 1.165) is 18.7 Å². The van der Waals surface area contributed by atoms with Crippen LogP contribution in [0.25, 0.3) is 0 Å². The second kappa shape index (κ2) is 7.42. The van der Waals surface area contributed by atoms with Crippen LogP contribution in [-0.4, -0.2) is 65.5 Å². The van der Waals surface area contributed by atoms with Crippen LogP contribution in [0.2, 0.25) is 0 Å². The van der Waals surface area contributed by atoms with Gasteiger partial charge >= 0.3 is 0 Å². The summed E-state index contributed by atoms with van der Waals surface area (Å²) in [7, 11) is -3.22. The van der Waals surface area contributed by atoms with Crippen LogP contribution in [0.1, 0.15) is 18.7 Å². The summed E-state index contributed by atoms with van der Waals surface area (Å²) in [6.07, 6.45) is 2.63. The van der Waals surface area contributed by atoms with Gasteiger partial charge in [0.25, 0.3) is 0 Å². The zero-order valence-corrected chi connectivity index (χ0v) is 14.3. The van der Waals surface area contributed by atoms with Crippen molar-refractivity contribution in [3.05, 3.63) is 5.82 Å². The van der Waals surface area contributed by atoms with Crippen molar-refractivity contribution in [3.8, 4) is 0 Å². The molecule has 0 radical (unpaired) electrons. The molecule has 1 aromatic rings. The Morgan fingerprint density at radius 2 is 2.32 bits per heavy atom. The van der Waals surface area contributed by atoms with Crippen molar-refractivity contribution in [2.24, 2.45) is 5.92 Å². The Hall–Kier alpha value is -1.13. The van der Waals surface area contributed by atoms with Gasteiger partial charge in [-0.25, -0.2) is 17.7 Å². The summed E-state index contributed by atoms with van der Waals surface area (Å²) in [4.78, 5) is 16.3. The highest BCUT2D eigenvalue weighted by Crippen LogP contribution is 2.19. The van der Waals surface area contributed by atoms with Crippen LogP contribution in [0.3, 0.4) is 0 Å². The first kappa shape index (κ1) is 17.2. The largest absolute Gasteiger partial charge is 0.355 e. The van der Waals surface area contributed by atoms with Gasteiger partial charge in [-0.15, -0.1) is 5.10 Å². The maximum absolute atomic E-state index is 12.1. The van der Waals surface area contributed by atoms with Crippen LogP contribution in [0.5, 0.6) is 0 Å². The molecule has 2 rings (SSSR count). The average Bonchev–Trinajstić information content (AvgIpc) is 2.88. The fraction of sp³-hybridized carbons (Fsp3) is 0.750. The molecule has 1 fully saturated rings. The fourth-order valence-electron chi connectivity index (χ4n) is 2.31. The highest BCUT2D eigenvalue weighted by Gasteiger charge is 2.29. The van der Waals surface area contributed by atoms with E-state index in [0.29, 0.717) is 24.0 Å². The van der Waals surface area contributed by atoms with E-state index in [9.17, 15) is 13.2 Å². The van der Waals surface area contributed by atoms with E-state index < -0.39 is 10.0 Å². The Balaban J connectivity index is 1.72. The number of aromatic amines is 1. The highest BCUT2D eigenvalue weighted by atomic mass is 32.2. The summed E-state index contributed by atoms with van der Waals surface area (Å²) in [6.45, 7) is 3.11. The molecule has 1 amide bonds. The molecular weight excluding hydrogens is 326 g/mol. The van der Waals surface area contributed by atoms with Gasteiger partial charge in [0.05, 0.1) is 12.2 Å². The molecular formula is C12H21N5O3S2. The molecule has 1 aromatic heterocycles. The summed E-state index contributed by atoms with van der Waals surface area (Å²) < 4.78 is 24.5. The molecule has 2 heterocycles. The lowest BCUT2D eigenvalue weighted by Gasteiger charge is -2.30. The molecule has 1 aliphatic rings. The minimum atomic E-state index is -3.22. The van der Waals surface area contributed by atoms with E-state index in [1.165, 1.54) is 22.3 Å². The number of sulfonamides is 1. The summed E-state index contributed by atoms with van der Waals surface area (Å²) >= 11 is 1.46. The summed E-state index contributed by atoms with van der Waals surface area (Å²) in [5.74, 6) is 1.08. The zero-order valence-electron chi connectivity index (χ0n) is 12.7. The monoisotopic (exact) mass is 347 g/mol. The topological polar surface area (TPSA) is 108 Å². The number of hydrogen-bond acceptors (Lipinski definition) is 6. The van der Waals surface area contributed by atoms with E-state index in [-0.39, 0.29) is 18.4 Å². The quantitative estimate of drug-likeness (QED) is 0.554. The number of rotatable bonds is 6. The third-order valence-electron chi connectivity index (χ3n) is 3.43. The predicted molar refractivity (Wildman–Crippen MR) is 84.0 cm³/mol. The number of nitrogens with one attached hydrogen (secondary N) is 2. The lowest BCUT2D eigenvalue weighted by atomic mass is 9.99. The number of aryl methyl sites for hydroxylation is 1. The molecule has 2 N–H and O–H groups in total. The van der Waals surface area contributed by atoms with Crippen molar-refractivity contribution in [1.82, 2.24) is 24.8 Å². The molecule has 22 heavy (non-hydrogen) atoms. The summed E-state index contributed by atoms with van der Waals surface area (Å²) in [5.41, 5.74) is 0. The minimum Gasteiger partial charge on any atom is -0.355 e. The molecule has 0 saturated carbocycles. The van der Waals surface area contributed by atoms with Crippen molar-refractivity contribution in [3.63, 3.8) is 0 Å². The van der Waals surface area contributed by atoms with E-state index in [4.69, 9.17) is 0 Å². The van der Waals surface area contributed by atoms with E-state index in [2.05, 4.69) is 20.5 Å². The molecule has 10 heteroatoms. The van der Waals surface area contributed by atoms with Crippen LogP contribution in [0.15, 0.2) is 5.16 Å². The van der Waals surface area contributed by atoms with Gasteiger partial charge in [-0.3, -0.25) is 9.89 Å². The second-order valence-corrected chi connectivity index (χ2v) is 8.35. The van der Waals surface area contributed by atoms with Crippen LogP contribution >= 0.6 is 11.8 Å². The van der Waals surface area contributed by atoms with Crippen molar-refractivity contribution in [2.45, 2.75) is 24.9 Å². The van der Waals surface area contributed by atoms with Crippen LogP contribution in [0.4, 0.5) is 0 Å². The van der Waals surface area contributed by atoms with Crippen LogP contribution in [0, 0.1) is 12.8 Å². The molecule has 0 aliphatic carbocycles. The lowest BCUT2D eigenvalue weighted by molar-refractivity contribution is -0.125. The average molecular weight is 347 g/mol. The number of nitrogens with zero attached hydrogens (tertiary/aromatic N) is 3. The molecule has 124 valence electrons. The number of amides is 1. The van der Waals surface area contributed by atoms with Crippen molar-refractivity contribution >= 4 is 27.7 Å². The van der Waals surface area contributed by atoms with Gasteiger partial charge in [0.15, 0.2) is 0 Å². The van der Waals surface area contributed by atoms with Crippen molar-refractivity contribution in [1.29, 1.82) is 0 Å². The zero-order chi connectivity index (χ0) is 16.2. The molecule has 1 atom stereocenters. The third kappa shape index (κ3) is 4.96. The van der Waals surface area contributed by atoms with Crippen molar-refractivity contribution in [2.75, 3.05) is 31.6 Å². The van der Waals surface area contributed by atoms with Gasteiger partial charge in [-0.1, -0.05) is 11.8 Å². The number of thioether (sulfide) groups is 1. The second-order valence-electron chi connectivity index (χ2n) is 5.30. The Morgan fingerprint density at radius 1 is 1.55 bits per heavy atom. The van der Waals surface area contributed by atoms with E-state index in [1.807, 2.05) is 6.92 Å². The number of carbonyl (C=O) groups is 1. The number of hydrogen-bond donors (Lipinski definition) is 2. The standard InChI is InChI=1S/C12H21N5O3S2/c1-9-14-12(16-15-9)21-7-5-13-11(18)10-4-3-6-17(8-10)22(2,19)20/h10H,3-8H2,1-2H3,(H,13,18)(H,14,15,16)/t10-/m0/s1. The Bertz CT molecular complexity index is 616. The first-order chi connectivity index (χ1) is 10.4. The highest BCUT2D eigenvalue weighted by molar-refractivity contribution is 7.99. The van der Waals surface area contributed by atoms with Gasteiger partial charge in [0, 0.05) is 25.4 Å². The molecule has 8 nitrogen and oxygen atoms in total. The van der Waals surface area contributed by atoms with Gasteiger partial charge in [-0.05, 0) is 19.8 Å². The maximum atomic E-state index is 12.1. The van der Waals surface area contributed by atoms with Gasteiger partial charge < -0.3 is 5.32 Å². The van der Waals surface area contributed by atoms with Crippen LogP contribution in [-0.2, 0) is 14.8 Å². The molecule has 0 aromatic carbocycles. The predicted octanol–water partition coefficient (Wildman–Crippen LogP) is -0.00698. The first-order valence-electron chi connectivity index (χ1n) is 7.11. The number of carbonyl (C=O) groups excluding carboxylic acids is 1.